The van der Waals surface area contributed by atoms with Gasteiger partial charge in [-0.15, -0.1) is 0 Å². The summed E-state index contributed by atoms with van der Waals surface area (Å²) in [5.41, 5.74) is 1.13. The van der Waals surface area contributed by atoms with Crippen LogP contribution in [-0.4, -0.2) is 27.9 Å². The Morgan fingerprint density at radius 2 is 1.67 bits per heavy atom. The summed E-state index contributed by atoms with van der Waals surface area (Å²) in [6.45, 7) is 0. The minimum absolute atomic E-state index is 0.0164. The zero-order chi connectivity index (χ0) is 16.8. The van der Waals surface area contributed by atoms with E-state index in [-0.39, 0.29) is 17.5 Å². The Kier molecular flexibility index (Phi) is 3.37. The highest BCUT2D eigenvalue weighted by atomic mass is 19.1. The van der Waals surface area contributed by atoms with E-state index in [0.29, 0.717) is 11.1 Å². The van der Waals surface area contributed by atoms with E-state index in [2.05, 4.69) is 0 Å². The van der Waals surface area contributed by atoms with Crippen molar-refractivity contribution in [2.75, 3.05) is 0 Å². The number of rotatable bonds is 3. The molecule has 2 atom stereocenters. The molecule has 0 bridgehead atoms. The van der Waals surface area contributed by atoms with Gasteiger partial charge in [0.15, 0.2) is 0 Å². The van der Waals surface area contributed by atoms with Crippen LogP contribution in [0.2, 0.25) is 0 Å². The molecule has 2 aromatic carbocycles. The molecule has 1 amide bonds. The number of amides is 1. The maximum atomic E-state index is 14.4. The first-order chi connectivity index (χ1) is 11.6. The van der Waals surface area contributed by atoms with Gasteiger partial charge >= 0.3 is 5.97 Å². The number of carbonyl (C=O) groups is 2. The highest BCUT2D eigenvalue weighted by Gasteiger charge is 2.49. The fraction of sp³-hybridized carbons (Fsp3) is 0.263. The van der Waals surface area contributed by atoms with Gasteiger partial charge in [-0.3, -0.25) is 9.59 Å². The maximum Gasteiger partial charge on any atom is 0.313 e. The summed E-state index contributed by atoms with van der Waals surface area (Å²) in [6.07, 6.45) is 1.65. The minimum Gasteiger partial charge on any atom is -0.481 e. The summed E-state index contributed by atoms with van der Waals surface area (Å²) in [7, 11) is 0. The largest absolute Gasteiger partial charge is 0.481 e. The summed E-state index contributed by atoms with van der Waals surface area (Å²) in [6, 6.07) is 12.0. The molecular weight excluding hydrogens is 309 g/mol. The van der Waals surface area contributed by atoms with Crippen molar-refractivity contribution in [1.29, 1.82) is 0 Å². The van der Waals surface area contributed by atoms with Gasteiger partial charge in [-0.1, -0.05) is 36.4 Å². The van der Waals surface area contributed by atoms with Crippen LogP contribution in [0.3, 0.4) is 0 Å². The third-order valence-electron chi connectivity index (χ3n) is 4.81. The Morgan fingerprint density at radius 3 is 2.29 bits per heavy atom. The molecule has 1 aliphatic heterocycles. The SMILES string of the molecule is O=C(O)C1c2ccccc2C(=O)N(C2CC2)C1c1ccccc1F. The fourth-order valence-electron chi connectivity index (χ4n) is 3.62. The van der Waals surface area contributed by atoms with Crippen molar-refractivity contribution in [2.45, 2.75) is 30.8 Å². The van der Waals surface area contributed by atoms with Crippen molar-refractivity contribution in [2.24, 2.45) is 0 Å². The summed E-state index contributed by atoms with van der Waals surface area (Å²) in [5.74, 6) is -2.71. The van der Waals surface area contributed by atoms with Crippen LogP contribution in [-0.2, 0) is 4.79 Å². The lowest BCUT2D eigenvalue weighted by molar-refractivity contribution is -0.140. The molecule has 0 aromatic heterocycles. The molecule has 4 nitrogen and oxygen atoms in total. The second kappa shape index (κ2) is 5.44. The third-order valence-corrected chi connectivity index (χ3v) is 4.81. The van der Waals surface area contributed by atoms with Gasteiger partial charge in [0.2, 0.25) is 0 Å². The molecule has 1 N–H and O–H groups in total. The van der Waals surface area contributed by atoms with Crippen LogP contribution in [0.15, 0.2) is 48.5 Å². The smallest absolute Gasteiger partial charge is 0.313 e. The monoisotopic (exact) mass is 325 g/mol. The predicted octanol–water partition coefficient (Wildman–Crippen LogP) is 3.35. The molecule has 1 fully saturated rings. The number of hydrogen-bond acceptors (Lipinski definition) is 2. The number of carboxylic acid groups (broad SMARTS) is 1. The first-order valence-corrected chi connectivity index (χ1v) is 7.98. The van der Waals surface area contributed by atoms with E-state index < -0.39 is 23.7 Å². The van der Waals surface area contributed by atoms with Crippen LogP contribution in [0.25, 0.3) is 0 Å². The highest BCUT2D eigenvalue weighted by molar-refractivity contribution is 6.00. The van der Waals surface area contributed by atoms with E-state index in [0.717, 1.165) is 12.8 Å². The van der Waals surface area contributed by atoms with E-state index in [1.54, 1.807) is 47.4 Å². The molecule has 122 valence electrons. The lowest BCUT2D eigenvalue weighted by atomic mass is 9.79. The fourth-order valence-corrected chi connectivity index (χ4v) is 3.62. The molecule has 2 unspecified atom stereocenters. The van der Waals surface area contributed by atoms with Crippen LogP contribution in [0, 0.1) is 5.82 Å². The van der Waals surface area contributed by atoms with E-state index in [1.165, 1.54) is 6.07 Å². The van der Waals surface area contributed by atoms with Crippen LogP contribution in [0.1, 0.15) is 46.3 Å². The van der Waals surface area contributed by atoms with Gasteiger partial charge in [0, 0.05) is 17.2 Å². The Bertz CT molecular complexity index is 831. The third kappa shape index (κ3) is 2.19. The van der Waals surface area contributed by atoms with Crippen molar-refractivity contribution in [3.63, 3.8) is 0 Å². The topological polar surface area (TPSA) is 57.6 Å². The minimum atomic E-state index is -1.05. The molecule has 1 saturated carbocycles. The lowest BCUT2D eigenvalue weighted by Gasteiger charge is -2.41. The molecule has 1 aliphatic carbocycles. The first-order valence-electron chi connectivity index (χ1n) is 7.98. The molecule has 24 heavy (non-hydrogen) atoms. The van der Waals surface area contributed by atoms with Gasteiger partial charge in [-0.05, 0) is 30.5 Å². The Balaban J connectivity index is 1.95. The molecule has 0 spiro atoms. The Morgan fingerprint density at radius 1 is 1.04 bits per heavy atom. The number of fused-ring (bicyclic) bond motifs is 1. The average molecular weight is 325 g/mol. The number of carboxylic acids is 1. The van der Waals surface area contributed by atoms with Gasteiger partial charge in [0.1, 0.15) is 11.7 Å². The number of hydrogen-bond donors (Lipinski definition) is 1. The summed E-state index contributed by atoms with van der Waals surface area (Å²) in [4.78, 5) is 26.6. The number of carbonyl (C=O) groups excluding carboxylic acids is 1. The van der Waals surface area contributed by atoms with Crippen LogP contribution < -0.4 is 0 Å². The number of benzene rings is 2. The standard InChI is InChI=1S/C19H16FNO3/c20-15-8-4-3-7-14(15)17-16(19(23)24)12-5-1-2-6-13(12)18(22)21(17)11-9-10-11/h1-8,11,16-17H,9-10H2,(H,23,24). The molecule has 0 radical (unpaired) electrons. The summed E-state index contributed by atoms with van der Waals surface area (Å²) >= 11 is 0. The summed E-state index contributed by atoms with van der Waals surface area (Å²) < 4.78 is 14.4. The van der Waals surface area contributed by atoms with E-state index >= 15 is 0 Å². The van der Waals surface area contributed by atoms with E-state index in [9.17, 15) is 19.1 Å². The first kappa shape index (κ1) is 14.9. The number of halogens is 1. The lowest BCUT2D eigenvalue weighted by Crippen LogP contribution is -2.46. The average Bonchev–Trinajstić information content (AvgIpc) is 3.39. The normalized spacial score (nSPS) is 23.0. The summed E-state index contributed by atoms with van der Waals surface area (Å²) in [5, 5.41) is 9.85. The molecule has 2 aliphatic rings. The molecule has 1 heterocycles. The Hall–Kier alpha value is -2.69. The molecule has 4 rings (SSSR count). The second-order valence-corrected chi connectivity index (χ2v) is 6.31. The zero-order valence-corrected chi connectivity index (χ0v) is 12.9. The quantitative estimate of drug-likeness (QED) is 0.941. The molecule has 2 aromatic rings. The Labute approximate surface area is 138 Å². The van der Waals surface area contributed by atoms with Crippen molar-refractivity contribution >= 4 is 11.9 Å². The highest BCUT2D eigenvalue weighted by Crippen LogP contribution is 2.48. The van der Waals surface area contributed by atoms with Gasteiger partial charge in [-0.2, -0.15) is 0 Å². The van der Waals surface area contributed by atoms with Crippen LogP contribution >= 0.6 is 0 Å². The molecular formula is C19H16FNO3. The van der Waals surface area contributed by atoms with E-state index in [1.807, 2.05) is 0 Å². The van der Waals surface area contributed by atoms with Crippen molar-refractivity contribution < 1.29 is 19.1 Å². The molecule has 5 heteroatoms. The van der Waals surface area contributed by atoms with E-state index in [4.69, 9.17) is 0 Å². The van der Waals surface area contributed by atoms with Gasteiger partial charge in [-0.25, -0.2) is 4.39 Å². The second-order valence-electron chi connectivity index (χ2n) is 6.31. The number of aliphatic carboxylic acids is 1. The maximum absolute atomic E-state index is 14.4. The van der Waals surface area contributed by atoms with Crippen molar-refractivity contribution in [3.8, 4) is 0 Å². The number of nitrogens with zero attached hydrogens (tertiary/aromatic N) is 1. The van der Waals surface area contributed by atoms with Gasteiger partial charge < -0.3 is 10.0 Å². The zero-order valence-electron chi connectivity index (χ0n) is 12.9. The van der Waals surface area contributed by atoms with Crippen LogP contribution in [0.5, 0.6) is 0 Å². The van der Waals surface area contributed by atoms with Gasteiger partial charge in [0.05, 0.1) is 6.04 Å². The van der Waals surface area contributed by atoms with Crippen LogP contribution in [0.4, 0.5) is 4.39 Å². The molecule has 0 saturated heterocycles. The predicted molar refractivity (Wildman–Crippen MR) is 85.2 cm³/mol. The van der Waals surface area contributed by atoms with Crippen molar-refractivity contribution in [1.82, 2.24) is 4.90 Å². The van der Waals surface area contributed by atoms with Crippen molar-refractivity contribution in [3.05, 3.63) is 71.0 Å². The van der Waals surface area contributed by atoms with Gasteiger partial charge in [0.25, 0.3) is 5.91 Å².